The summed E-state index contributed by atoms with van der Waals surface area (Å²) < 4.78 is 19.4. The van der Waals surface area contributed by atoms with Gasteiger partial charge in [0.1, 0.15) is 0 Å². The molecule has 0 amide bonds. The molecule has 8 heteroatoms. The molecule has 62 heavy (non-hydrogen) atoms. The van der Waals surface area contributed by atoms with E-state index in [1.807, 2.05) is 24.3 Å². The molecule has 2 aromatic heterocycles. The van der Waals surface area contributed by atoms with Crippen LogP contribution in [0.5, 0.6) is 11.5 Å². The summed E-state index contributed by atoms with van der Waals surface area (Å²) in [6.45, 7) is 8.94. The first-order valence-corrected chi connectivity index (χ1v) is 25.7. The Balaban J connectivity index is 1.21. The van der Waals surface area contributed by atoms with Gasteiger partial charge < -0.3 is 0 Å². The molecule has 6 nitrogen and oxygen atoms in total. The second-order valence-corrected chi connectivity index (χ2v) is 20.9. The fraction of sp³-hybridized carbons (Fsp3) is 0.296. The number of ether oxygens (including phenoxy) is 2. The van der Waals surface area contributed by atoms with Crippen LogP contribution in [-0.4, -0.2) is 59.8 Å². The Kier molecular flexibility index (Phi) is 12.6. The Morgan fingerprint density at radius 3 is 1.90 bits per heavy atom. The molecule has 6 aromatic carbocycles. The van der Waals surface area contributed by atoms with Crippen LogP contribution in [0.25, 0.3) is 66.6 Å². The Morgan fingerprint density at radius 2 is 1.27 bits per heavy atom. The van der Waals surface area contributed by atoms with E-state index in [4.69, 9.17) is 9.47 Å². The van der Waals surface area contributed by atoms with E-state index in [0.717, 1.165) is 73.8 Å². The van der Waals surface area contributed by atoms with Crippen LogP contribution in [0, 0.1) is 11.3 Å². The first-order chi connectivity index (χ1) is 30.4. The van der Waals surface area contributed by atoms with Gasteiger partial charge in [-0.3, -0.25) is 0 Å². The van der Waals surface area contributed by atoms with E-state index in [-0.39, 0.29) is 34.6 Å². The molecule has 0 unspecified atom stereocenters. The molecule has 0 atom stereocenters. The third kappa shape index (κ3) is 8.09. The van der Waals surface area contributed by atoms with Crippen molar-refractivity contribution >= 4 is 102 Å². The van der Waals surface area contributed by atoms with E-state index in [1.54, 1.807) is 0 Å². The molecule has 314 valence electrons. The number of aryl methyl sites for hydroxylation is 2. The van der Waals surface area contributed by atoms with Crippen LogP contribution in [-0.2, 0) is 17.6 Å². The predicted octanol–water partition coefficient (Wildman–Crippen LogP) is 13.4. The number of hydrogen-bond donors (Lipinski definition) is 1. The second-order valence-electron chi connectivity index (χ2n) is 16.4. The number of nitriles is 1. The van der Waals surface area contributed by atoms with Crippen LogP contribution in [0.1, 0.15) is 88.8 Å². The molecular weight excluding hydrogens is 899 g/mol. The van der Waals surface area contributed by atoms with Gasteiger partial charge in [0.2, 0.25) is 0 Å². The first-order valence-electron chi connectivity index (χ1n) is 22.3. The topological polar surface area (TPSA) is 82.8 Å². The molecule has 0 spiro atoms. The van der Waals surface area contributed by atoms with Gasteiger partial charge in [-0.05, 0) is 13.0 Å². The monoisotopic (exact) mass is 952 g/mol. The molecule has 1 N–H and O–H groups in total. The number of hydrogen-bond acceptors (Lipinski definition) is 5. The molecule has 0 bridgehead atoms. The number of fused-ring (bicyclic) bond motifs is 9. The van der Waals surface area contributed by atoms with Gasteiger partial charge in [-0.15, -0.1) is 0 Å². The van der Waals surface area contributed by atoms with Crippen LogP contribution < -0.4 is 14.4 Å². The summed E-state index contributed by atoms with van der Waals surface area (Å²) >= 11 is 0.0702. The number of anilines is 2. The van der Waals surface area contributed by atoms with Gasteiger partial charge >= 0.3 is 347 Å². The summed E-state index contributed by atoms with van der Waals surface area (Å²) in [5, 5.41) is 26.1. The summed E-state index contributed by atoms with van der Waals surface area (Å²) in [4.78, 5) is 14.3. The van der Waals surface area contributed by atoms with E-state index in [1.165, 1.54) is 97.6 Å². The standard InChI is InChI=1S/C54H52N2O4Se2/c1-4-7-9-13-25-59-50-42-28-34(27-41(33-55)54(57)58)17-18-38(42)31-46-48(50)52-53(61-46)49-47(62-52)32-39-21-20-37(30-43(39)51(49)60-26-14-10-8-5-2)36-23-24-45-40(29-36)22-19-35-15-11-12-16-44(35)56(45)6-3/h11-12,15-18,20-21,23-24,27-32H,4-10,13-14,19,22,25-26H2,1-3H3,(H,57,58)/b41-27+. The minimum absolute atomic E-state index is 0.0351. The van der Waals surface area contributed by atoms with Gasteiger partial charge in [-0.1, -0.05) is 18.2 Å². The summed E-state index contributed by atoms with van der Waals surface area (Å²) in [6, 6.07) is 35.4. The van der Waals surface area contributed by atoms with Crippen LogP contribution in [0.15, 0.2) is 96.6 Å². The van der Waals surface area contributed by atoms with Crippen LogP contribution in [0.4, 0.5) is 11.4 Å². The molecule has 1 aliphatic rings. The number of carboxylic acid groups (broad SMARTS) is 1. The third-order valence-electron chi connectivity index (χ3n) is 12.3. The molecule has 0 fully saturated rings. The summed E-state index contributed by atoms with van der Waals surface area (Å²) in [6.07, 6.45) is 12.5. The van der Waals surface area contributed by atoms with Gasteiger partial charge in [0, 0.05) is 0 Å². The van der Waals surface area contributed by atoms with Crippen molar-refractivity contribution in [3.05, 3.63) is 113 Å². The average molecular weight is 951 g/mol. The molecule has 0 saturated carbocycles. The summed E-state index contributed by atoms with van der Waals surface area (Å²) in [7, 11) is 0. The molecule has 1 aliphatic heterocycles. The molecule has 0 aliphatic carbocycles. The maximum atomic E-state index is 11.8. The van der Waals surface area contributed by atoms with Crippen molar-refractivity contribution in [2.75, 3.05) is 24.7 Å². The number of aliphatic carboxylic acids is 1. The molecule has 8 aromatic rings. The zero-order chi connectivity index (χ0) is 42.7. The van der Waals surface area contributed by atoms with E-state index in [2.05, 4.69) is 98.5 Å². The second kappa shape index (κ2) is 18.6. The van der Waals surface area contributed by atoms with Crippen molar-refractivity contribution in [1.82, 2.24) is 0 Å². The molecule has 9 rings (SSSR count). The van der Waals surface area contributed by atoms with Gasteiger partial charge in [0.05, 0.1) is 0 Å². The first kappa shape index (κ1) is 42.0. The van der Waals surface area contributed by atoms with Crippen LogP contribution in [0.2, 0.25) is 0 Å². The predicted molar refractivity (Wildman–Crippen MR) is 260 cm³/mol. The van der Waals surface area contributed by atoms with Crippen molar-refractivity contribution in [2.45, 2.75) is 85.0 Å². The number of benzene rings is 6. The minimum atomic E-state index is -1.23. The fourth-order valence-electron chi connectivity index (χ4n) is 9.17. The Morgan fingerprint density at radius 1 is 0.694 bits per heavy atom. The van der Waals surface area contributed by atoms with Crippen LogP contribution in [0.3, 0.4) is 0 Å². The number of unbranched alkanes of at least 4 members (excludes halogenated alkanes) is 6. The van der Waals surface area contributed by atoms with Gasteiger partial charge in [-0.25, -0.2) is 0 Å². The van der Waals surface area contributed by atoms with Gasteiger partial charge in [0.15, 0.2) is 0 Å². The molecule has 0 radical (unpaired) electrons. The Hall–Kier alpha value is -5.28. The number of carbonyl (C=O) groups is 1. The Bertz CT molecular complexity index is 3060. The Labute approximate surface area is 375 Å². The van der Waals surface area contributed by atoms with E-state index in [9.17, 15) is 15.2 Å². The summed E-state index contributed by atoms with van der Waals surface area (Å²) in [5.74, 6) is 0.687. The zero-order valence-corrected chi connectivity index (χ0v) is 39.2. The zero-order valence-electron chi connectivity index (χ0n) is 35.8. The quantitative estimate of drug-likeness (QED) is 0.0450. The number of rotatable bonds is 16. The maximum absolute atomic E-state index is 11.8. The van der Waals surface area contributed by atoms with Crippen molar-refractivity contribution in [3.8, 4) is 28.7 Å². The van der Waals surface area contributed by atoms with Gasteiger partial charge in [0.25, 0.3) is 0 Å². The SMILES string of the molecule is CCCCCCOc1c2cc(/C=C(\C#N)C(=O)O)ccc2cc2[se]c3c([se]c4cc5ccc(-c6ccc7c(c6)CCc6ccccc6N7CC)cc5c(OCCCCCC)c43)c12. The number of nitrogens with zero attached hydrogens (tertiary/aromatic N) is 2. The van der Waals surface area contributed by atoms with Crippen molar-refractivity contribution in [3.63, 3.8) is 0 Å². The molecule has 0 saturated heterocycles. The van der Waals surface area contributed by atoms with Crippen LogP contribution >= 0.6 is 0 Å². The molecular formula is C54H52N2O4Se2. The van der Waals surface area contributed by atoms with E-state index in [0.29, 0.717) is 18.8 Å². The average Bonchev–Trinajstić information content (AvgIpc) is 3.76. The van der Waals surface area contributed by atoms with E-state index < -0.39 is 5.97 Å². The van der Waals surface area contributed by atoms with Gasteiger partial charge in [-0.2, -0.15) is 0 Å². The van der Waals surface area contributed by atoms with Crippen molar-refractivity contribution in [2.24, 2.45) is 0 Å². The van der Waals surface area contributed by atoms with E-state index >= 15 is 0 Å². The summed E-state index contributed by atoms with van der Waals surface area (Å²) in [5.41, 5.74) is 8.24. The number of carboxylic acids is 1. The normalized spacial score (nSPS) is 12.9. The molecule has 3 heterocycles. The van der Waals surface area contributed by atoms with Crippen molar-refractivity contribution in [1.29, 1.82) is 5.26 Å². The van der Waals surface area contributed by atoms with Crippen molar-refractivity contribution < 1.29 is 19.4 Å². The number of para-hydroxylation sites is 1. The fourth-order valence-corrected chi connectivity index (χ4v) is 15.8. The third-order valence-corrected chi connectivity index (χ3v) is 17.8.